The Morgan fingerprint density at radius 1 is 1.25 bits per heavy atom. The van der Waals surface area contributed by atoms with Crippen molar-refractivity contribution in [2.45, 2.75) is 26.5 Å². The first-order valence-corrected chi connectivity index (χ1v) is 7.99. The molecule has 4 nitrogen and oxygen atoms in total. The maximum atomic E-state index is 14.0. The molecular weight excluding hydrogens is 329 g/mol. The van der Waals surface area contributed by atoms with E-state index in [9.17, 15) is 4.39 Å². The molecule has 0 atom stereocenters. The lowest BCUT2D eigenvalue weighted by Crippen LogP contribution is -2.33. The molecule has 0 aliphatic carbocycles. The van der Waals surface area contributed by atoms with Crippen LogP contribution in [-0.4, -0.2) is 24.0 Å². The summed E-state index contributed by atoms with van der Waals surface area (Å²) in [6.07, 6.45) is -0.0931. The molecule has 0 bridgehead atoms. The Labute approximate surface area is 146 Å². The molecule has 0 amide bonds. The van der Waals surface area contributed by atoms with Gasteiger partial charge in [-0.05, 0) is 43.7 Å². The monoisotopic (exact) mass is 349 g/mol. The van der Waals surface area contributed by atoms with E-state index < -0.39 is 5.82 Å². The third kappa shape index (κ3) is 5.13. The molecule has 0 radical (unpaired) electrons. The van der Waals surface area contributed by atoms with Crippen LogP contribution in [0.25, 0.3) is 0 Å². The second kappa shape index (κ2) is 8.02. The molecule has 0 saturated heterocycles. The fraction of sp³-hybridized carbons (Fsp3) is 0.278. The van der Waals surface area contributed by atoms with E-state index in [1.807, 2.05) is 45.2 Å². The molecule has 24 heavy (non-hydrogen) atoms. The minimum Gasteiger partial charge on any atom is -0.488 e. The molecule has 2 aromatic rings. The minimum absolute atomic E-state index is 0.0931. The number of hydrogen-bond donors (Lipinski definition) is 1. The number of nitrogens with two attached hydrogens (primary N) is 1. The average Bonchev–Trinajstić information content (AvgIpc) is 2.52. The van der Waals surface area contributed by atoms with Gasteiger partial charge in [0, 0.05) is 24.7 Å². The molecular formula is C18H21ClFN3O. The van der Waals surface area contributed by atoms with Crippen LogP contribution in [0.4, 0.5) is 10.1 Å². The Bertz CT molecular complexity index is 717. The van der Waals surface area contributed by atoms with Crippen LogP contribution >= 0.6 is 11.6 Å². The zero-order valence-corrected chi connectivity index (χ0v) is 14.7. The van der Waals surface area contributed by atoms with Crippen molar-refractivity contribution in [2.75, 3.05) is 7.05 Å². The van der Waals surface area contributed by atoms with Crippen molar-refractivity contribution in [3.63, 3.8) is 0 Å². The molecule has 0 fully saturated rings. The molecule has 0 aliphatic rings. The van der Waals surface area contributed by atoms with Gasteiger partial charge >= 0.3 is 0 Å². The van der Waals surface area contributed by atoms with Crippen molar-refractivity contribution < 1.29 is 9.13 Å². The molecule has 128 valence electrons. The number of nitrogens with zero attached hydrogens (tertiary/aromatic N) is 2. The van der Waals surface area contributed by atoms with Crippen molar-refractivity contribution in [2.24, 2.45) is 10.7 Å². The van der Waals surface area contributed by atoms with Crippen LogP contribution in [0.5, 0.6) is 5.75 Å². The summed E-state index contributed by atoms with van der Waals surface area (Å²) in [7, 11) is 1.82. The van der Waals surface area contributed by atoms with Gasteiger partial charge in [-0.25, -0.2) is 9.38 Å². The van der Waals surface area contributed by atoms with E-state index in [1.54, 1.807) is 17.0 Å². The highest BCUT2D eigenvalue weighted by molar-refractivity contribution is 6.30. The third-order valence-electron chi connectivity index (χ3n) is 3.25. The van der Waals surface area contributed by atoms with Gasteiger partial charge in [0.2, 0.25) is 0 Å². The first kappa shape index (κ1) is 18.1. The topological polar surface area (TPSA) is 50.9 Å². The minimum atomic E-state index is -0.460. The lowest BCUT2D eigenvalue weighted by Gasteiger charge is -2.18. The molecule has 2 aromatic carbocycles. The quantitative estimate of drug-likeness (QED) is 0.645. The van der Waals surface area contributed by atoms with Gasteiger partial charge in [0.25, 0.3) is 0 Å². The van der Waals surface area contributed by atoms with Crippen LogP contribution in [0.1, 0.15) is 19.4 Å². The largest absolute Gasteiger partial charge is 0.488 e. The molecule has 0 aliphatic heterocycles. The van der Waals surface area contributed by atoms with Crippen LogP contribution in [-0.2, 0) is 6.54 Å². The summed E-state index contributed by atoms with van der Waals surface area (Å²) in [5.74, 6) is 0.0389. The summed E-state index contributed by atoms with van der Waals surface area (Å²) in [5.41, 5.74) is 7.47. The van der Waals surface area contributed by atoms with Gasteiger partial charge in [-0.1, -0.05) is 23.7 Å². The van der Waals surface area contributed by atoms with E-state index in [-0.39, 0.29) is 11.9 Å². The Kier molecular flexibility index (Phi) is 6.04. The smallest absolute Gasteiger partial charge is 0.196 e. The molecule has 0 heterocycles. The average molecular weight is 350 g/mol. The standard InChI is InChI=1S/C18H21ClFN3O/c1-12(2)24-17-9-8-15(10-16(17)20)22-18(21)23(3)11-13-4-6-14(19)7-5-13/h4-10,12H,11H2,1-3H3,(H2,21,22). The van der Waals surface area contributed by atoms with Crippen LogP contribution in [0, 0.1) is 5.82 Å². The molecule has 0 aromatic heterocycles. The number of halogens is 2. The highest BCUT2D eigenvalue weighted by atomic mass is 35.5. The molecule has 0 saturated carbocycles. The maximum absolute atomic E-state index is 14.0. The first-order chi connectivity index (χ1) is 11.3. The Morgan fingerprint density at radius 2 is 1.92 bits per heavy atom. The summed E-state index contributed by atoms with van der Waals surface area (Å²) >= 11 is 5.87. The van der Waals surface area contributed by atoms with Crippen LogP contribution < -0.4 is 10.5 Å². The van der Waals surface area contributed by atoms with Crippen molar-refractivity contribution in [3.05, 3.63) is 58.9 Å². The van der Waals surface area contributed by atoms with Crippen molar-refractivity contribution >= 4 is 23.2 Å². The van der Waals surface area contributed by atoms with E-state index in [0.29, 0.717) is 23.2 Å². The maximum Gasteiger partial charge on any atom is 0.196 e. The number of benzene rings is 2. The Hall–Kier alpha value is -2.27. The SMILES string of the molecule is CC(C)Oc1ccc(/N=C(\N)N(C)Cc2ccc(Cl)cc2)cc1F. The Morgan fingerprint density at radius 3 is 2.50 bits per heavy atom. The lowest BCUT2D eigenvalue weighted by molar-refractivity contribution is 0.231. The zero-order valence-electron chi connectivity index (χ0n) is 14.0. The van der Waals surface area contributed by atoms with Gasteiger partial charge in [0.15, 0.2) is 17.5 Å². The van der Waals surface area contributed by atoms with E-state index in [4.69, 9.17) is 22.1 Å². The lowest BCUT2D eigenvalue weighted by atomic mass is 10.2. The predicted octanol–water partition coefficient (Wildman–Crippen LogP) is 4.34. The number of aliphatic imine (C=N–C) groups is 1. The summed E-state index contributed by atoms with van der Waals surface area (Å²) < 4.78 is 19.4. The summed E-state index contributed by atoms with van der Waals surface area (Å²) in [4.78, 5) is 6.03. The predicted molar refractivity (Wildman–Crippen MR) is 96.4 cm³/mol. The fourth-order valence-electron chi connectivity index (χ4n) is 2.07. The molecule has 0 spiro atoms. The molecule has 2 rings (SSSR count). The van der Waals surface area contributed by atoms with Gasteiger partial charge in [0.1, 0.15) is 0 Å². The summed E-state index contributed by atoms with van der Waals surface area (Å²) in [6.45, 7) is 4.26. The Balaban J connectivity index is 2.08. The van der Waals surface area contributed by atoms with Crippen molar-refractivity contribution in [3.8, 4) is 5.75 Å². The van der Waals surface area contributed by atoms with Gasteiger partial charge in [-0.2, -0.15) is 0 Å². The van der Waals surface area contributed by atoms with Crippen molar-refractivity contribution in [1.82, 2.24) is 4.90 Å². The highest BCUT2D eigenvalue weighted by Gasteiger charge is 2.08. The number of ether oxygens (including phenoxy) is 1. The number of guanidine groups is 1. The highest BCUT2D eigenvalue weighted by Crippen LogP contribution is 2.24. The van der Waals surface area contributed by atoms with Gasteiger partial charge < -0.3 is 15.4 Å². The van der Waals surface area contributed by atoms with Crippen LogP contribution in [0.15, 0.2) is 47.5 Å². The zero-order chi connectivity index (χ0) is 17.7. The van der Waals surface area contributed by atoms with E-state index in [0.717, 1.165) is 5.56 Å². The van der Waals surface area contributed by atoms with Gasteiger partial charge in [0.05, 0.1) is 11.8 Å². The van der Waals surface area contributed by atoms with Crippen molar-refractivity contribution in [1.29, 1.82) is 0 Å². The van der Waals surface area contributed by atoms with Crippen LogP contribution in [0.3, 0.4) is 0 Å². The third-order valence-corrected chi connectivity index (χ3v) is 3.50. The van der Waals surface area contributed by atoms with Gasteiger partial charge in [-0.3, -0.25) is 0 Å². The number of rotatable bonds is 5. The fourth-order valence-corrected chi connectivity index (χ4v) is 2.20. The molecule has 0 unspecified atom stereocenters. The normalized spacial score (nSPS) is 11.7. The van der Waals surface area contributed by atoms with Gasteiger partial charge in [-0.15, -0.1) is 0 Å². The van der Waals surface area contributed by atoms with E-state index >= 15 is 0 Å². The second-order valence-electron chi connectivity index (χ2n) is 5.73. The second-order valence-corrected chi connectivity index (χ2v) is 6.17. The first-order valence-electron chi connectivity index (χ1n) is 7.61. The number of hydrogen-bond acceptors (Lipinski definition) is 2. The van der Waals surface area contributed by atoms with Crippen LogP contribution in [0.2, 0.25) is 5.02 Å². The van der Waals surface area contributed by atoms with E-state index in [2.05, 4.69) is 4.99 Å². The summed E-state index contributed by atoms with van der Waals surface area (Å²) in [6, 6.07) is 12.0. The molecule has 6 heteroatoms. The molecule has 2 N–H and O–H groups in total. The van der Waals surface area contributed by atoms with E-state index in [1.165, 1.54) is 6.07 Å². The summed E-state index contributed by atoms with van der Waals surface area (Å²) in [5, 5.41) is 0.683.